The van der Waals surface area contributed by atoms with Crippen LogP contribution in [-0.2, 0) is 14.3 Å². The third kappa shape index (κ3) is 6.51. The fourth-order valence-corrected chi connectivity index (χ4v) is 2.89. The number of carbonyl (C=O) groups excluding carboxylic acids is 2. The van der Waals surface area contributed by atoms with E-state index in [2.05, 4.69) is 13.2 Å². The number of halogens is 2. The third-order valence-corrected chi connectivity index (χ3v) is 4.73. The van der Waals surface area contributed by atoms with Gasteiger partial charge in [-0.05, 0) is 60.9 Å². The summed E-state index contributed by atoms with van der Waals surface area (Å²) in [5.74, 6) is -2.20. The van der Waals surface area contributed by atoms with Crippen LogP contribution < -0.4 is 9.47 Å². The van der Waals surface area contributed by atoms with Gasteiger partial charge in [0.25, 0.3) is 0 Å². The highest BCUT2D eigenvalue weighted by atomic mass is 19.1. The van der Waals surface area contributed by atoms with E-state index in [1.807, 2.05) is 0 Å². The van der Waals surface area contributed by atoms with Gasteiger partial charge in [0, 0.05) is 16.7 Å². The van der Waals surface area contributed by atoms with Crippen molar-refractivity contribution in [2.24, 2.45) is 0 Å². The molecule has 0 heterocycles. The molecule has 7 heteroatoms. The van der Waals surface area contributed by atoms with Crippen molar-refractivity contribution >= 4 is 11.9 Å². The highest BCUT2D eigenvalue weighted by Crippen LogP contribution is 2.31. The lowest BCUT2D eigenvalue weighted by Gasteiger charge is -2.09. The average Bonchev–Trinajstić information content (AvgIpc) is 2.82. The van der Waals surface area contributed by atoms with Crippen LogP contribution in [-0.4, -0.2) is 11.9 Å². The Kier molecular flexibility index (Phi) is 7.94. The van der Waals surface area contributed by atoms with Crippen molar-refractivity contribution in [2.45, 2.75) is 13.8 Å². The van der Waals surface area contributed by atoms with Gasteiger partial charge in [0.15, 0.2) is 11.6 Å². The third-order valence-electron chi connectivity index (χ3n) is 4.73. The van der Waals surface area contributed by atoms with E-state index in [1.54, 1.807) is 43.3 Å². The van der Waals surface area contributed by atoms with Crippen LogP contribution in [0.5, 0.6) is 11.5 Å². The Morgan fingerprint density at radius 1 is 0.743 bits per heavy atom. The van der Waals surface area contributed by atoms with E-state index in [4.69, 9.17) is 14.2 Å². The number of carbonyl (C=O) groups is 2. The van der Waals surface area contributed by atoms with Crippen LogP contribution in [0.3, 0.4) is 0 Å². The number of hydrogen-bond acceptors (Lipinski definition) is 5. The number of ether oxygens (including phenoxy) is 3. The lowest BCUT2D eigenvalue weighted by atomic mass is 9.99. The number of esters is 2. The lowest BCUT2D eigenvalue weighted by Crippen LogP contribution is -2.07. The van der Waals surface area contributed by atoms with Crippen molar-refractivity contribution in [2.75, 3.05) is 0 Å². The second-order valence-corrected chi connectivity index (χ2v) is 7.61. The van der Waals surface area contributed by atoms with E-state index in [1.165, 1.54) is 25.1 Å². The summed E-state index contributed by atoms with van der Waals surface area (Å²) in [4.78, 5) is 22.9. The monoisotopic (exact) mass is 476 g/mol. The van der Waals surface area contributed by atoms with Gasteiger partial charge in [-0.2, -0.15) is 0 Å². The van der Waals surface area contributed by atoms with Crippen LogP contribution in [0.25, 0.3) is 22.3 Å². The molecule has 0 unspecified atom stereocenters. The quantitative estimate of drug-likeness (QED) is 0.156. The largest absolute Gasteiger partial charge is 0.459 e. The van der Waals surface area contributed by atoms with Gasteiger partial charge in [0.1, 0.15) is 24.1 Å². The Balaban J connectivity index is 1.72. The van der Waals surface area contributed by atoms with Gasteiger partial charge in [-0.25, -0.2) is 18.4 Å². The van der Waals surface area contributed by atoms with E-state index in [0.29, 0.717) is 22.4 Å². The van der Waals surface area contributed by atoms with Crippen molar-refractivity contribution in [3.63, 3.8) is 0 Å². The number of rotatable bonds is 8. The second-order valence-electron chi connectivity index (χ2n) is 7.61. The molecule has 0 spiro atoms. The highest BCUT2D eigenvalue weighted by Gasteiger charge is 2.12. The van der Waals surface area contributed by atoms with Crippen molar-refractivity contribution in [3.8, 4) is 33.8 Å². The molecular weight excluding hydrogens is 454 g/mol. The number of hydrogen-bond donors (Lipinski definition) is 0. The van der Waals surface area contributed by atoms with Gasteiger partial charge >= 0.3 is 11.9 Å². The minimum absolute atomic E-state index is 0.124. The van der Waals surface area contributed by atoms with Gasteiger partial charge in [-0.1, -0.05) is 43.5 Å². The topological polar surface area (TPSA) is 61.8 Å². The maximum Gasteiger partial charge on any atom is 0.338 e. The number of benzene rings is 3. The molecule has 0 saturated carbocycles. The average molecular weight is 476 g/mol. The molecule has 35 heavy (non-hydrogen) atoms. The lowest BCUT2D eigenvalue weighted by molar-refractivity contribution is -0.133. The van der Waals surface area contributed by atoms with Gasteiger partial charge < -0.3 is 14.2 Å². The SMILES string of the molecule is C=C(C)C(=O)O/C=C\Oc1ccc(-c2ccc(-c3ccc(OC(=O)C(=C)C)cc3)cc2F)cc1F. The summed E-state index contributed by atoms with van der Waals surface area (Å²) in [7, 11) is 0. The van der Waals surface area contributed by atoms with Crippen molar-refractivity contribution in [3.05, 3.63) is 109 Å². The first-order chi connectivity index (χ1) is 16.7. The molecule has 3 rings (SSSR count). The molecule has 0 fully saturated rings. The normalized spacial score (nSPS) is 10.6. The molecule has 0 aliphatic carbocycles. The molecule has 0 amide bonds. The molecule has 5 nitrogen and oxygen atoms in total. The van der Waals surface area contributed by atoms with Crippen LogP contribution in [0, 0.1) is 11.6 Å². The molecule has 0 radical (unpaired) electrons. The fourth-order valence-electron chi connectivity index (χ4n) is 2.89. The molecule has 0 aliphatic rings. The van der Waals surface area contributed by atoms with E-state index in [-0.39, 0.29) is 22.5 Å². The summed E-state index contributed by atoms with van der Waals surface area (Å²) in [6.45, 7) is 10.00. The Morgan fingerprint density at radius 2 is 1.34 bits per heavy atom. The van der Waals surface area contributed by atoms with Crippen LogP contribution in [0.1, 0.15) is 13.8 Å². The predicted molar refractivity (Wildman–Crippen MR) is 128 cm³/mol. The summed E-state index contributed by atoms with van der Waals surface area (Å²) >= 11 is 0. The molecule has 3 aromatic rings. The molecule has 0 bridgehead atoms. The van der Waals surface area contributed by atoms with Gasteiger partial charge in [-0.15, -0.1) is 0 Å². The standard InChI is InChI=1S/C28H22F2O5/c1-17(2)27(31)34-14-13-33-26-12-8-21(16-25(26)30)23-11-7-20(15-24(23)29)19-5-9-22(10-6-19)35-28(32)18(3)4/h5-16H,1,3H2,2,4H3/b14-13-. The van der Waals surface area contributed by atoms with Crippen LogP contribution in [0.15, 0.2) is 97.5 Å². The maximum absolute atomic E-state index is 14.9. The zero-order valence-corrected chi connectivity index (χ0v) is 19.1. The first-order valence-electron chi connectivity index (χ1n) is 10.4. The van der Waals surface area contributed by atoms with Crippen LogP contribution in [0.2, 0.25) is 0 Å². The predicted octanol–water partition coefficient (Wildman–Crippen LogP) is 6.75. The van der Waals surface area contributed by atoms with Crippen molar-refractivity contribution in [1.29, 1.82) is 0 Å². The molecule has 0 N–H and O–H groups in total. The van der Waals surface area contributed by atoms with Crippen molar-refractivity contribution < 1.29 is 32.6 Å². The highest BCUT2D eigenvalue weighted by molar-refractivity contribution is 5.89. The fraction of sp³-hybridized carbons (Fsp3) is 0.0714. The van der Waals surface area contributed by atoms with E-state index in [9.17, 15) is 18.4 Å². The minimum Gasteiger partial charge on any atom is -0.459 e. The molecule has 3 aromatic carbocycles. The van der Waals surface area contributed by atoms with E-state index < -0.39 is 23.6 Å². The van der Waals surface area contributed by atoms with Gasteiger partial charge in [-0.3, -0.25) is 0 Å². The van der Waals surface area contributed by atoms with E-state index in [0.717, 1.165) is 18.6 Å². The molecule has 0 saturated heterocycles. The summed E-state index contributed by atoms with van der Waals surface area (Å²) in [5, 5.41) is 0. The second kappa shape index (κ2) is 11.1. The van der Waals surface area contributed by atoms with Gasteiger partial charge in [0.05, 0.1) is 0 Å². The minimum atomic E-state index is -0.721. The smallest absolute Gasteiger partial charge is 0.338 e. The summed E-state index contributed by atoms with van der Waals surface area (Å²) in [6.07, 6.45) is 1.98. The van der Waals surface area contributed by atoms with Crippen LogP contribution >= 0.6 is 0 Å². The first-order valence-corrected chi connectivity index (χ1v) is 10.4. The Morgan fingerprint density at radius 3 is 1.94 bits per heavy atom. The van der Waals surface area contributed by atoms with Gasteiger partial charge in [0.2, 0.25) is 0 Å². The zero-order valence-electron chi connectivity index (χ0n) is 19.1. The first kappa shape index (κ1) is 25.1. The maximum atomic E-state index is 14.9. The summed E-state index contributed by atoms with van der Waals surface area (Å²) in [6, 6.07) is 15.2. The molecule has 0 atom stereocenters. The summed E-state index contributed by atoms with van der Waals surface area (Å²) in [5.41, 5.74) is 2.32. The van der Waals surface area contributed by atoms with Crippen molar-refractivity contribution in [1.82, 2.24) is 0 Å². The Bertz CT molecular complexity index is 1320. The summed E-state index contributed by atoms with van der Waals surface area (Å²) < 4.78 is 44.3. The Hall–Kier alpha value is -4.52. The molecule has 0 aromatic heterocycles. The Labute approximate surface area is 201 Å². The molecule has 178 valence electrons. The zero-order chi connectivity index (χ0) is 25.5. The molecule has 0 aliphatic heterocycles. The van der Waals surface area contributed by atoms with Crippen LogP contribution in [0.4, 0.5) is 8.78 Å². The molecular formula is C28H22F2O5. The van der Waals surface area contributed by atoms with E-state index >= 15 is 0 Å².